The van der Waals surface area contributed by atoms with Crippen molar-refractivity contribution >= 4 is 28.6 Å². The fraction of sp³-hybridized carbons (Fsp3) is 0.0500. The fourth-order valence-corrected chi connectivity index (χ4v) is 3.29. The number of nitrogens with one attached hydrogen (secondary N) is 1. The molecule has 4 rings (SSSR count). The molecule has 128 valence electrons. The van der Waals surface area contributed by atoms with Crippen LogP contribution in [0.4, 0.5) is 5.95 Å². The Morgan fingerprint density at radius 1 is 0.923 bits per heavy atom. The Balaban J connectivity index is 2.20. The Morgan fingerprint density at radius 3 is 2.27 bits per heavy atom. The molecule has 0 aliphatic rings. The molecule has 0 amide bonds. The molecular weight excluding hydrogens is 348 g/mol. The summed E-state index contributed by atoms with van der Waals surface area (Å²) in [5.74, 6) is 0.0453. The molecule has 0 aliphatic heterocycles. The van der Waals surface area contributed by atoms with Gasteiger partial charge in [-0.05, 0) is 30.2 Å². The lowest BCUT2D eigenvalue weighted by Crippen LogP contribution is -2.14. The number of halogens is 1. The van der Waals surface area contributed by atoms with Gasteiger partial charge in [0.05, 0.1) is 5.39 Å². The van der Waals surface area contributed by atoms with Crippen LogP contribution in [0.2, 0.25) is 5.02 Å². The van der Waals surface area contributed by atoms with Crippen LogP contribution in [0, 0.1) is 6.92 Å². The Morgan fingerprint density at radius 2 is 1.58 bits per heavy atom. The van der Waals surface area contributed by atoms with E-state index in [1.807, 2.05) is 49.4 Å². The van der Waals surface area contributed by atoms with Gasteiger partial charge in [0.25, 0.3) is 5.56 Å². The predicted octanol–water partition coefficient (Wildman–Crippen LogP) is 4.20. The van der Waals surface area contributed by atoms with Gasteiger partial charge in [0, 0.05) is 21.8 Å². The first-order chi connectivity index (χ1) is 12.5. The maximum atomic E-state index is 12.7. The first-order valence-electron chi connectivity index (χ1n) is 8.06. The molecule has 0 aliphatic carbocycles. The van der Waals surface area contributed by atoms with Crippen molar-refractivity contribution in [2.24, 2.45) is 0 Å². The molecule has 2 aromatic carbocycles. The van der Waals surface area contributed by atoms with Gasteiger partial charge in [0.2, 0.25) is 5.95 Å². The molecule has 0 saturated heterocycles. The second-order valence-electron chi connectivity index (χ2n) is 5.97. The van der Waals surface area contributed by atoms with E-state index in [9.17, 15) is 4.79 Å². The number of anilines is 1. The van der Waals surface area contributed by atoms with E-state index in [1.165, 1.54) is 0 Å². The van der Waals surface area contributed by atoms with Crippen LogP contribution in [0.5, 0.6) is 0 Å². The highest BCUT2D eigenvalue weighted by Gasteiger charge is 2.19. The number of benzene rings is 2. The highest BCUT2D eigenvalue weighted by molar-refractivity contribution is 6.30. The molecule has 0 fully saturated rings. The SMILES string of the molecule is Cc1nc2nc(N)[nH]c(=O)c2c(-c2ccc(Cl)cc2)c1-c1ccccc1. The van der Waals surface area contributed by atoms with Crippen molar-refractivity contribution in [2.75, 3.05) is 5.73 Å². The first kappa shape index (κ1) is 16.3. The number of nitrogens with two attached hydrogens (primary N) is 1. The van der Waals surface area contributed by atoms with E-state index >= 15 is 0 Å². The summed E-state index contributed by atoms with van der Waals surface area (Å²) in [4.78, 5) is 24.1. The van der Waals surface area contributed by atoms with E-state index in [4.69, 9.17) is 17.3 Å². The van der Waals surface area contributed by atoms with Gasteiger partial charge in [-0.25, -0.2) is 4.98 Å². The summed E-state index contributed by atoms with van der Waals surface area (Å²) in [6.45, 7) is 1.90. The van der Waals surface area contributed by atoms with Crippen molar-refractivity contribution in [3.63, 3.8) is 0 Å². The van der Waals surface area contributed by atoms with E-state index in [1.54, 1.807) is 12.1 Å². The van der Waals surface area contributed by atoms with E-state index in [0.29, 0.717) is 16.1 Å². The number of nitrogens with zero attached hydrogens (tertiary/aromatic N) is 2. The molecule has 3 N–H and O–H groups in total. The van der Waals surface area contributed by atoms with Gasteiger partial charge >= 0.3 is 0 Å². The van der Waals surface area contributed by atoms with Gasteiger partial charge in [-0.3, -0.25) is 9.78 Å². The summed E-state index contributed by atoms with van der Waals surface area (Å²) in [6, 6.07) is 17.2. The third kappa shape index (κ3) is 2.72. The second-order valence-corrected chi connectivity index (χ2v) is 6.41. The summed E-state index contributed by atoms with van der Waals surface area (Å²) >= 11 is 6.05. The molecule has 0 bridgehead atoms. The van der Waals surface area contributed by atoms with Crippen LogP contribution in [0.3, 0.4) is 0 Å². The molecule has 0 unspecified atom stereocenters. The molecule has 6 heteroatoms. The van der Waals surface area contributed by atoms with Gasteiger partial charge in [-0.2, -0.15) is 4.98 Å². The molecule has 2 heterocycles. The number of rotatable bonds is 2. The van der Waals surface area contributed by atoms with Crippen LogP contribution in [0.15, 0.2) is 59.4 Å². The van der Waals surface area contributed by atoms with Gasteiger partial charge in [0.1, 0.15) is 0 Å². The van der Waals surface area contributed by atoms with Crippen molar-refractivity contribution in [1.29, 1.82) is 0 Å². The third-order valence-corrected chi connectivity index (χ3v) is 4.50. The number of aromatic nitrogens is 3. The van der Waals surface area contributed by atoms with Gasteiger partial charge < -0.3 is 5.73 Å². The number of aryl methyl sites for hydroxylation is 1. The van der Waals surface area contributed by atoms with Crippen molar-refractivity contribution < 1.29 is 0 Å². The minimum absolute atomic E-state index is 0.0453. The van der Waals surface area contributed by atoms with E-state index in [2.05, 4.69) is 15.0 Å². The minimum Gasteiger partial charge on any atom is -0.369 e. The van der Waals surface area contributed by atoms with Crippen LogP contribution < -0.4 is 11.3 Å². The second kappa shape index (κ2) is 6.28. The number of hydrogen-bond donors (Lipinski definition) is 2. The number of pyridine rings is 1. The topological polar surface area (TPSA) is 84.7 Å². The van der Waals surface area contributed by atoms with E-state index in [0.717, 1.165) is 27.9 Å². The lowest BCUT2D eigenvalue weighted by atomic mass is 9.91. The number of nitrogen functional groups attached to an aromatic ring is 1. The zero-order valence-corrected chi connectivity index (χ0v) is 14.7. The molecule has 0 atom stereocenters. The van der Waals surface area contributed by atoms with Crippen LogP contribution in [0.1, 0.15) is 5.69 Å². The maximum Gasteiger partial charge on any atom is 0.262 e. The summed E-state index contributed by atoms with van der Waals surface area (Å²) < 4.78 is 0. The molecule has 5 nitrogen and oxygen atoms in total. The standard InChI is InChI=1S/C20H15ClN4O/c1-11-15(12-5-3-2-4-6-12)16(13-7-9-14(21)10-8-13)17-18(23-11)24-20(22)25-19(17)26/h2-10H,1H3,(H3,22,23,24,25,26). The third-order valence-electron chi connectivity index (χ3n) is 4.25. The van der Waals surface area contributed by atoms with Crippen molar-refractivity contribution in [2.45, 2.75) is 6.92 Å². The predicted molar refractivity (Wildman–Crippen MR) is 105 cm³/mol. The molecular formula is C20H15ClN4O. The zero-order chi connectivity index (χ0) is 18.3. The van der Waals surface area contributed by atoms with Crippen LogP contribution in [0.25, 0.3) is 33.3 Å². The quantitative estimate of drug-likeness (QED) is 0.559. The number of hydrogen-bond acceptors (Lipinski definition) is 4. The van der Waals surface area contributed by atoms with Crippen LogP contribution >= 0.6 is 11.6 Å². The molecule has 4 aromatic rings. The fourth-order valence-electron chi connectivity index (χ4n) is 3.17. The van der Waals surface area contributed by atoms with Gasteiger partial charge in [-0.15, -0.1) is 0 Å². The lowest BCUT2D eigenvalue weighted by molar-refractivity contribution is 1.14. The van der Waals surface area contributed by atoms with Gasteiger partial charge in [-0.1, -0.05) is 54.1 Å². The van der Waals surface area contributed by atoms with Crippen LogP contribution in [-0.4, -0.2) is 15.0 Å². The van der Waals surface area contributed by atoms with Crippen molar-refractivity contribution in [3.05, 3.63) is 75.7 Å². The Labute approximate surface area is 154 Å². The normalized spacial score (nSPS) is 11.0. The molecule has 26 heavy (non-hydrogen) atoms. The number of aromatic amines is 1. The summed E-state index contributed by atoms with van der Waals surface area (Å²) in [5.41, 5.74) is 9.98. The first-order valence-corrected chi connectivity index (χ1v) is 8.44. The average molecular weight is 363 g/mol. The summed E-state index contributed by atoms with van der Waals surface area (Å²) in [7, 11) is 0. The lowest BCUT2D eigenvalue weighted by Gasteiger charge is -2.15. The van der Waals surface area contributed by atoms with Crippen molar-refractivity contribution in [3.8, 4) is 22.3 Å². The number of fused-ring (bicyclic) bond motifs is 1. The zero-order valence-electron chi connectivity index (χ0n) is 14.0. The Hall–Kier alpha value is -3.18. The average Bonchev–Trinajstić information content (AvgIpc) is 2.61. The summed E-state index contributed by atoms with van der Waals surface area (Å²) in [6.07, 6.45) is 0. The Kier molecular flexibility index (Phi) is 3.93. The maximum absolute atomic E-state index is 12.7. The largest absolute Gasteiger partial charge is 0.369 e. The highest BCUT2D eigenvalue weighted by atomic mass is 35.5. The molecule has 0 radical (unpaired) electrons. The van der Waals surface area contributed by atoms with E-state index in [-0.39, 0.29) is 11.5 Å². The molecule has 0 saturated carbocycles. The highest BCUT2D eigenvalue weighted by Crippen LogP contribution is 2.38. The Bertz CT molecular complexity index is 1170. The van der Waals surface area contributed by atoms with Gasteiger partial charge in [0.15, 0.2) is 5.65 Å². The van der Waals surface area contributed by atoms with E-state index < -0.39 is 0 Å². The summed E-state index contributed by atoms with van der Waals surface area (Å²) in [5, 5.41) is 1.03. The minimum atomic E-state index is -0.317. The van der Waals surface area contributed by atoms with Crippen molar-refractivity contribution in [1.82, 2.24) is 15.0 Å². The smallest absolute Gasteiger partial charge is 0.262 e. The van der Waals surface area contributed by atoms with Crippen LogP contribution in [-0.2, 0) is 0 Å². The monoisotopic (exact) mass is 362 g/mol. The number of H-pyrrole nitrogens is 1. The molecule has 2 aromatic heterocycles. The molecule has 0 spiro atoms.